The molecule has 0 aliphatic carbocycles. The summed E-state index contributed by atoms with van der Waals surface area (Å²) >= 11 is 0. The SMILES string of the molecule is CCOC(=O)c1cc(F)c(OCC)cc1F. The molecule has 0 atom stereocenters. The van der Waals surface area contributed by atoms with Gasteiger partial charge in [-0.25, -0.2) is 13.6 Å². The highest BCUT2D eigenvalue weighted by Crippen LogP contribution is 2.22. The van der Waals surface area contributed by atoms with Crippen LogP contribution in [-0.2, 0) is 4.74 Å². The Hall–Kier alpha value is -1.65. The molecule has 0 bridgehead atoms. The van der Waals surface area contributed by atoms with E-state index in [2.05, 4.69) is 4.74 Å². The quantitative estimate of drug-likeness (QED) is 0.745. The third kappa shape index (κ3) is 2.68. The first kappa shape index (κ1) is 12.4. The normalized spacial score (nSPS) is 10.0. The average Bonchev–Trinajstić information content (AvgIpc) is 2.23. The minimum Gasteiger partial charge on any atom is -0.491 e. The number of carbonyl (C=O) groups excluding carboxylic acids is 1. The van der Waals surface area contributed by atoms with Crippen LogP contribution < -0.4 is 4.74 Å². The van der Waals surface area contributed by atoms with Gasteiger partial charge in [-0.2, -0.15) is 0 Å². The minimum absolute atomic E-state index is 0.104. The Kier molecular flexibility index (Phi) is 4.22. The Morgan fingerprint density at radius 2 is 1.88 bits per heavy atom. The lowest BCUT2D eigenvalue weighted by molar-refractivity contribution is 0.0520. The minimum atomic E-state index is -0.887. The molecule has 0 saturated heterocycles. The Bertz CT molecular complexity index is 391. The van der Waals surface area contributed by atoms with Crippen LogP contribution >= 0.6 is 0 Å². The maximum atomic E-state index is 13.4. The van der Waals surface area contributed by atoms with Crippen molar-refractivity contribution >= 4 is 5.97 Å². The molecule has 0 aromatic heterocycles. The topological polar surface area (TPSA) is 35.5 Å². The summed E-state index contributed by atoms with van der Waals surface area (Å²) in [5, 5.41) is 0. The van der Waals surface area contributed by atoms with Gasteiger partial charge in [0.05, 0.1) is 18.8 Å². The molecular formula is C11H12F2O3. The van der Waals surface area contributed by atoms with E-state index in [9.17, 15) is 13.6 Å². The number of hydrogen-bond acceptors (Lipinski definition) is 3. The zero-order chi connectivity index (χ0) is 12.1. The van der Waals surface area contributed by atoms with Crippen LogP contribution in [0.1, 0.15) is 24.2 Å². The summed E-state index contributed by atoms with van der Waals surface area (Å²) in [4.78, 5) is 11.2. The van der Waals surface area contributed by atoms with Gasteiger partial charge in [-0.3, -0.25) is 0 Å². The molecule has 88 valence electrons. The van der Waals surface area contributed by atoms with Crippen LogP contribution in [0.15, 0.2) is 12.1 Å². The largest absolute Gasteiger partial charge is 0.491 e. The van der Waals surface area contributed by atoms with E-state index in [4.69, 9.17) is 4.74 Å². The Labute approximate surface area is 92.0 Å². The van der Waals surface area contributed by atoms with Crippen LogP contribution in [0, 0.1) is 11.6 Å². The number of ether oxygens (including phenoxy) is 2. The van der Waals surface area contributed by atoms with E-state index >= 15 is 0 Å². The molecule has 0 unspecified atom stereocenters. The lowest BCUT2D eigenvalue weighted by Crippen LogP contribution is -2.08. The Balaban J connectivity index is 3.05. The summed E-state index contributed by atoms with van der Waals surface area (Å²) in [5.74, 6) is -2.75. The third-order valence-corrected chi connectivity index (χ3v) is 1.82. The second-order valence-corrected chi connectivity index (χ2v) is 2.92. The summed E-state index contributed by atoms with van der Waals surface area (Å²) in [6.07, 6.45) is 0. The third-order valence-electron chi connectivity index (χ3n) is 1.82. The van der Waals surface area contributed by atoms with Gasteiger partial charge in [0.1, 0.15) is 5.82 Å². The van der Waals surface area contributed by atoms with Crippen molar-refractivity contribution in [2.24, 2.45) is 0 Å². The van der Waals surface area contributed by atoms with E-state index in [0.29, 0.717) is 0 Å². The van der Waals surface area contributed by atoms with Gasteiger partial charge in [-0.05, 0) is 19.9 Å². The number of benzene rings is 1. The van der Waals surface area contributed by atoms with Crippen LogP contribution in [0.4, 0.5) is 8.78 Å². The molecule has 0 radical (unpaired) electrons. The first-order chi connectivity index (χ1) is 7.60. The highest BCUT2D eigenvalue weighted by Gasteiger charge is 2.17. The van der Waals surface area contributed by atoms with Crippen molar-refractivity contribution in [1.29, 1.82) is 0 Å². The molecule has 1 aromatic carbocycles. The van der Waals surface area contributed by atoms with E-state index in [-0.39, 0.29) is 19.0 Å². The maximum Gasteiger partial charge on any atom is 0.341 e. The monoisotopic (exact) mass is 230 g/mol. The molecule has 0 N–H and O–H groups in total. The number of esters is 1. The van der Waals surface area contributed by atoms with Gasteiger partial charge in [-0.15, -0.1) is 0 Å². The van der Waals surface area contributed by atoms with E-state index in [1.807, 2.05) is 0 Å². The molecule has 0 aliphatic rings. The predicted octanol–water partition coefficient (Wildman–Crippen LogP) is 2.54. The highest BCUT2D eigenvalue weighted by atomic mass is 19.1. The van der Waals surface area contributed by atoms with Crippen LogP contribution in [-0.4, -0.2) is 19.2 Å². The Morgan fingerprint density at radius 3 is 2.44 bits per heavy atom. The van der Waals surface area contributed by atoms with Gasteiger partial charge in [0.2, 0.25) is 0 Å². The molecule has 0 amide bonds. The van der Waals surface area contributed by atoms with Crippen molar-refractivity contribution in [3.05, 3.63) is 29.3 Å². The van der Waals surface area contributed by atoms with Crippen LogP contribution in [0.3, 0.4) is 0 Å². The molecule has 0 fully saturated rings. The van der Waals surface area contributed by atoms with Gasteiger partial charge in [-0.1, -0.05) is 0 Å². The average molecular weight is 230 g/mol. The van der Waals surface area contributed by atoms with E-state index in [1.54, 1.807) is 13.8 Å². The van der Waals surface area contributed by atoms with Gasteiger partial charge in [0, 0.05) is 6.07 Å². The van der Waals surface area contributed by atoms with E-state index < -0.39 is 23.2 Å². The van der Waals surface area contributed by atoms with Crippen molar-refractivity contribution < 1.29 is 23.0 Å². The van der Waals surface area contributed by atoms with Crippen molar-refractivity contribution in [2.45, 2.75) is 13.8 Å². The lowest BCUT2D eigenvalue weighted by atomic mass is 10.2. The van der Waals surface area contributed by atoms with Crippen LogP contribution in [0.25, 0.3) is 0 Å². The van der Waals surface area contributed by atoms with Crippen molar-refractivity contribution in [1.82, 2.24) is 0 Å². The summed E-state index contributed by atoms with van der Waals surface area (Å²) < 4.78 is 36.1. The summed E-state index contributed by atoms with van der Waals surface area (Å²) in [7, 11) is 0. The molecule has 0 spiro atoms. The molecule has 1 aromatic rings. The van der Waals surface area contributed by atoms with Gasteiger partial charge in [0.15, 0.2) is 11.6 Å². The molecule has 5 heteroatoms. The maximum absolute atomic E-state index is 13.4. The number of carbonyl (C=O) groups is 1. The molecule has 0 heterocycles. The summed E-state index contributed by atoms with van der Waals surface area (Å²) in [5.41, 5.74) is -0.428. The standard InChI is InChI=1S/C11H12F2O3/c1-3-15-10-6-8(12)7(5-9(10)13)11(14)16-4-2/h5-6H,3-4H2,1-2H3. The van der Waals surface area contributed by atoms with Crippen LogP contribution in [0.2, 0.25) is 0 Å². The first-order valence-electron chi connectivity index (χ1n) is 4.89. The van der Waals surface area contributed by atoms with Crippen LogP contribution in [0.5, 0.6) is 5.75 Å². The first-order valence-corrected chi connectivity index (χ1v) is 4.89. The van der Waals surface area contributed by atoms with E-state index in [1.165, 1.54) is 0 Å². The van der Waals surface area contributed by atoms with Crippen molar-refractivity contribution in [3.8, 4) is 5.75 Å². The second kappa shape index (κ2) is 5.44. The zero-order valence-electron chi connectivity index (χ0n) is 9.05. The molecule has 0 saturated carbocycles. The zero-order valence-corrected chi connectivity index (χ0v) is 9.05. The van der Waals surface area contributed by atoms with E-state index in [0.717, 1.165) is 12.1 Å². The van der Waals surface area contributed by atoms with Gasteiger partial charge >= 0.3 is 5.97 Å². The number of halogens is 2. The highest BCUT2D eigenvalue weighted by molar-refractivity contribution is 5.89. The summed E-state index contributed by atoms with van der Waals surface area (Å²) in [6.45, 7) is 3.56. The fourth-order valence-corrected chi connectivity index (χ4v) is 1.16. The smallest absolute Gasteiger partial charge is 0.341 e. The molecule has 1 rings (SSSR count). The number of hydrogen-bond donors (Lipinski definition) is 0. The van der Waals surface area contributed by atoms with Crippen molar-refractivity contribution in [2.75, 3.05) is 13.2 Å². The fourth-order valence-electron chi connectivity index (χ4n) is 1.16. The molecule has 16 heavy (non-hydrogen) atoms. The fraction of sp³-hybridized carbons (Fsp3) is 0.364. The molecule has 0 aliphatic heterocycles. The summed E-state index contributed by atoms with van der Waals surface area (Å²) in [6, 6.07) is 1.61. The van der Waals surface area contributed by atoms with Gasteiger partial charge < -0.3 is 9.47 Å². The van der Waals surface area contributed by atoms with Crippen molar-refractivity contribution in [3.63, 3.8) is 0 Å². The second-order valence-electron chi connectivity index (χ2n) is 2.92. The lowest BCUT2D eigenvalue weighted by Gasteiger charge is -2.07. The Morgan fingerprint density at radius 1 is 1.19 bits per heavy atom. The number of rotatable bonds is 4. The molecule has 3 nitrogen and oxygen atoms in total. The van der Waals surface area contributed by atoms with Gasteiger partial charge in [0.25, 0.3) is 0 Å². The molecular weight excluding hydrogens is 218 g/mol. The predicted molar refractivity (Wildman–Crippen MR) is 53.5 cm³/mol.